The number of halogens is 1. The standard InChI is InChI=1S/C21H17BrN2O3S2/c1-14(15-6-3-2-4-7-15)23-20-21(24-19(27-20)18-8-5-13-28-18)29(25,26)17-11-9-16(22)10-12-17/h2-14,23H,1H3. The van der Waals surface area contributed by atoms with Crippen LogP contribution in [0.4, 0.5) is 5.88 Å². The Morgan fingerprint density at radius 3 is 2.41 bits per heavy atom. The highest BCUT2D eigenvalue weighted by molar-refractivity contribution is 9.10. The summed E-state index contributed by atoms with van der Waals surface area (Å²) in [5.41, 5.74) is 1.01. The maximum atomic E-state index is 13.3. The molecule has 0 bridgehead atoms. The smallest absolute Gasteiger partial charge is 0.240 e. The average Bonchev–Trinajstić information content (AvgIpc) is 3.39. The van der Waals surface area contributed by atoms with Crippen LogP contribution in [0.25, 0.3) is 10.8 Å². The second-order valence-electron chi connectivity index (χ2n) is 6.36. The fraction of sp³-hybridized carbons (Fsp3) is 0.0952. The zero-order valence-electron chi connectivity index (χ0n) is 15.4. The minimum Gasteiger partial charge on any atom is -0.418 e. The summed E-state index contributed by atoms with van der Waals surface area (Å²) in [6, 6.07) is 19.8. The summed E-state index contributed by atoms with van der Waals surface area (Å²) in [5.74, 6) is 0.408. The van der Waals surface area contributed by atoms with Gasteiger partial charge in [-0.2, -0.15) is 4.98 Å². The monoisotopic (exact) mass is 488 g/mol. The topological polar surface area (TPSA) is 72.2 Å². The molecule has 0 fully saturated rings. The summed E-state index contributed by atoms with van der Waals surface area (Å²) < 4.78 is 33.3. The second kappa shape index (κ2) is 8.14. The van der Waals surface area contributed by atoms with Gasteiger partial charge < -0.3 is 9.73 Å². The van der Waals surface area contributed by atoms with Crippen molar-refractivity contribution in [3.8, 4) is 10.8 Å². The van der Waals surface area contributed by atoms with Gasteiger partial charge in [0, 0.05) is 4.47 Å². The molecule has 2 heterocycles. The summed E-state index contributed by atoms with van der Waals surface area (Å²) in [7, 11) is -3.87. The first-order valence-electron chi connectivity index (χ1n) is 8.82. The van der Waals surface area contributed by atoms with E-state index in [2.05, 4.69) is 26.2 Å². The highest BCUT2D eigenvalue weighted by Crippen LogP contribution is 2.35. The van der Waals surface area contributed by atoms with Crippen molar-refractivity contribution in [2.24, 2.45) is 0 Å². The fourth-order valence-electron chi connectivity index (χ4n) is 2.83. The SMILES string of the molecule is CC(Nc1oc(-c2cccs2)nc1S(=O)(=O)c1ccc(Br)cc1)c1ccccc1. The van der Waals surface area contributed by atoms with Gasteiger partial charge in [-0.1, -0.05) is 52.3 Å². The van der Waals surface area contributed by atoms with Crippen molar-refractivity contribution >= 4 is 43.0 Å². The molecule has 1 atom stereocenters. The average molecular weight is 489 g/mol. The van der Waals surface area contributed by atoms with Gasteiger partial charge in [-0.05, 0) is 48.2 Å². The van der Waals surface area contributed by atoms with Crippen LogP contribution in [0.2, 0.25) is 0 Å². The summed E-state index contributed by atoms with van der Waals surface area (Å²) in [6.45, 7) is 1.94. The molecule has 2 aromatic heterocycles. The molecule has 1 N–H and O–H groups in total. The zero-order chi connectivity index (χ0) is 20.4. The first-order valence-corrected chi connectivity index (χ1v) is 12.0. The van der Waals surface area contributed by atoms with Crippen LogP contribution in [0.15, 0.2) is 90.9 Å². The molecular weight excluding hydrogens is 472 g/mol. The third-order valence-corrected chi connectivity index (χ3v) is 7.42. The maximum absolute atomic E-state index is 13.3. The Balaban J connectivity index is 1.78. The van der Waals surface area contributed by atoms with Gasteiger partial charge >= 0.3 is 0 Å². The van der Waals surface area contributed by atoms with E-state index in [1.807, 2.05) is 54.8 Å². The number of nitrogens with zero attached hydrogens (tertiary/aromatic N) is 1. The van der Waals surface area contributed by atoms with Crippen molar-refractivity contribution in [2.45, 2.75) is 22.9 Å². The first-order chi connectivity index (χ1) is 13.9. The Morgan fingerprint density at radius 2 is 1.76 bits per heavy atom. The number of thiophene rings is 1. The van der Waals surface area contributed by atoms with Crippen molar-refractivity contribution in [3.63, 3.8) is 0 Å². The van der Waals surface area contributed by atoms with E-state index in [0.29, 0.717) is 0 Å². The number of aromatic nitrogens is 1. The van der Waals surface area contributed by atoms with E-state index in [1.165, 1.54) is 11.3 Å². The number of hydrogen-bond donors (Lipinski definition) is 1. The van der Waals surface area contributed by atoms with Crippen molar-refractivity contribution in [2.75, 3.05) is 5.32 Å². The second-order valence-corrected chi connectivity index (χ2v) is 10.1. The molecule has 148 valence electrons. The van der Waals surface area contributed by atoms with E-state index in [0.717, 1.165) is 14.9 Å². The minimum atomic E-state index is -3.87. The molecular formula is C21H17BrN2O3S2. The molecule has 0 saturated carbocycles. The van der Waals surface area contributed by atoms with Gasteiger partial charge in [-0.25, -0.2) is 8.42 Å². The molecule has 5 nitrogen and oxygen atoms in total. The van der Waals surface area contributed by atoms with Gasteiger partial charge in [0.05, 0.1) is 15.8 Å². The molecule has 0 aliphatic carbocycles. The van der Waals surface area contributed by atoms with Crippen LogP contribution in [0.3, 0.4) is 0 Å². The van der Waals surface area contributed by atoms with Gasteiger partial charge in [-0.15, -0.1) is 11.3 Å². The van der Waals surface area contributed by atoms with Crippen LogP contribution in [0.1, 0.15) is 18.5 Å². The Bertz CT molecular complexity index is 1200. The fourth-order valence-corrected chi connectivity index (χ4v) is 5.01. The summed E-state index contributed by atoms with van der Waals surface area (Å²) >= 11 is 4.77. The van der Waals surface area contributed by atoms with Gasteiger partial charge in [0.1, 0.15) is 0 Å². The van der Waals surface area contributed by atoms with E-state index in [4.69, 9.17) is 4.42 Å². The van der Waals surface area contributed by atoms with Gasteiger partial charge in [0.2, 0.25) is 26.6 Å². The minimum absolute atomic E-state index is 0.119. The highest BCUT2D eigenvalue weighted by Gasteiger charge is 2.29. The molecule has 0 spiro atoms. The molecule has 8 heteroatoms. The zero-order valence-corrected chi connectivity index (χ0v) is 18.6. The molecule has 4 rings (SSSR count). The normalized spacial score (nSPS) is 12.6. The lowest BCUT2D eigenvalue weighted by Crippen LogP contribution is -2.10. The van der Waals surface area contributed by atoms with Crippen molar-refractivity contribution in [1.82, 2.24) is 4.98 Å². The molecule has 0 amide bonds. The highest BCUT2D eigenvalue weighted by atomic mass is 79.9. The van der Waals surface area contributed by atoms with E-state index in [-0.39, 0.29) is 27.7 Å². The Kier molecular flexibility index (Phi) is 5.58. The predicted octanol–water partition coefficient (Wildman–Crippen LogP) is 6.17. The van der Waals surface area contributed by atoms with Crippen LogP contribution in [0, 0.1) is 0 Å². The van der Waals surface area contributed by atoms with Crippen LogP contribution < -0.4 is 5.32 Å². The van der Waals surface area contributed by atoms with Crippen molar-refractivity contribution in [1.29, 1.82) is 0 Å². The molecule has 0 aliphatic heterocycles. The van der Waals surface area contributed by atoms with Gasteiger partial charge in [0.15, 0.2) is 0 Å². The number of nitrogens with one attached hydrogen (secondary N) is 1. The molecule has 1 unspecified atom stereocenters. The molecule has 0 aliphatic rings. The lowest BCUT2D eigenvalue weighted by atomic mass is 10.1. The molecule has 29 heavy (non-hydrogen) atoms. The Morgan fingerprint density at radius 1 is 1.03 bits per heavy atom. The van der Waals surface area contributed by atoms with Crippen LogP contribution >= 0.6 is 27.3 Å². The maximum Gasteiger partial charge on any atom is 0.240 e. The Labute approximate surface area is 181 Å². The molecule has 0 radical (unpaired) electrons. The third-order valence-electron chi connectivity index (χ3n) is 4.35. The molecule has 2 aromatic carbocycles. The molecule has 0 saturated heterocycles. The lowest BCUT2D eigenvalue weighted by molar-refractivity contribution is 0.571. The first kappa shape index (κ1) is 19.9. The number of sulfone groups is 1. The number of hydrogen-bond acceptors (Lipinski definition) is 6. The van der Waals surface area contributed by atoms with Crippen LogP contribution in [0.5, 0.6) is 0 Å². The predicted molar refractivity (Wildman–Crippen MR) is 118 cm³/mol. The summed E-state index contributed by atoms with van der Waals surface area (Å²) in [5, 5.41) is 4.95. The van der Waals surface area contributed by atoms with E-state index >= 15 is 0 Å². The third kappa shape index (κ3) is 4.14. The van der Waals surface area contributed by atoms with Crippen molar-refractivity contribution < 1.29 is 12.8 Å². The molecule has 4 aromatic rings. The van der Waals surface area contributed by atoms with Gasteiger partial charge in [-0.3, -0.25) is 0 Å². The summed E-state index contributed by atoms with van der Waals surface area (Å²) in [6.07, 6.45) is 0. The summed E-state index contributed by atoms with van der Waals surface area (Å²) in [4.78, 5) is 5.27. The van der Waals surface area contributed by atoms with E-state index in [9.17, 15) is 8.42 Å². The van der Waals surface area contributed by atoms with E-state index in [1.54, 1.807) is 24.3 Å². The largest absolute Gasteiger partial charge is 0.418 e. The van der Waals surface area contributed by atoms with Crippen LogP contribution in [-0.2, 0) is 9.84 Å². The quantitative estimate of drug-likeness (QED) is 0.351. The van der Waals surface area contributed by atoms with E-state index < -0.39 is 9.84 Å². The number of benzene rings is 2. The number of oxazole rings is 1. The number of rotatable bonds is 6. The van der Waals surface area contributed by atoms with Crippen LogP contribution in [-0.4, -0.2) is 13.4 Å². The number of anilines is 1. The Hall–Kier alpha value is -2.42. The van der Waals surface area contributed by atoms with Crippen molar-refractivity contribution in [3.05, 3.63) is 82.1 Å². The lowest BCUT2D eigenvalue weighted by Gasteiger charge is -2.14. The van der Waals surface area contributed by atoms with Gasteiger partial charge in [0.25, 0.3) is 0 Å².